The van der Waals surface area contributed by atoms with Gasteiger partial charge in [0, 0.05) is 24.4 Å². The summed E-state index contributed by atoms with van der Waals surface area (Å²) in [6.45, 7) is 1.72. The van der Waals surface area contributed by atoms with Crippen LogP contribution >= 0.6 is 0 Å². The van der Waals surface area contributed by atoms with Crippen molar-refractivity contribution in [3.05, 3.63) is 53.9 Å². The van der Waals surface area contributed by atoms with Gasteiger partial charge in [-0.05, 0) is 55.0 Å². The topological polar surface area (TPSA) is 117 Å². The van der Waals surface area contributed by atoms with Crippen LogP contribution in [0.3, 0.4) is 0 Å². The minimum absolute atomic E-state index is 0.0192. The van der Waals surface area contributed by atoms with Crippen LogP contribution in [0.5, 0.6) is 5.75 Å². The molecule has 1 spiro atoms. The monoisotopic (exact) mass is 463 g/mol. The molecule has 1 saturated carbocycles. The van der Waals surface area contributed by atoms with Crippen LogP contribution in [-0.2, 0) is 21.8 Å². The molecule has 0 bridgehead atoms. The van der Waals surface area contributed by atoms with Gasteiger partial charge in [0.2, 0.25) is 0 Å². The van der Waals surface area contributed by atoms with Crippen LogP contribution in [-0.4, -0.2) is 41.8 Å². The SMILES string of the molecule is COc1cnc2c(Nc3ccc4c(c3)[C@]3(C4)CS(=O)(=O)[C@@](C)(C4CC4)C(=N)N3)ccnc2c1. The van der Waals surface area contributed by atoms with Gasteiger partial charge in [-0.2, -0.15) is 0 Å². The van der Waals surface area contributed by atoms with Gasteiger partial charge in [-0.15, -0.1) is 0 Å². The van der Waals surface area contributed by atoms with Crippen molar-refractivity contribution in [3.8, 4) is 5.75 Å². The highest BCUT2D eigenvalue weighted by Crippen LogP contribution is 2.52. The number of aromatic nitrogens is 2. The number of nitrogens with one attached hydrogen (secondary N) is 3. The molecule has 8 nitrogen and oxygen atoms in total. The predicted octanol–water partition coefficient (Wildman–Crippen LogP) is 3.30. The number of sulfone groups is 1. The number of rotatable bonds is 4. The molecular weight excluding hydrogens is 438 g/mol. The fourth-order valence-electron chi connectivity index (χ4n) is 5.31. The van der Waals surface area contributed by atoms with E-state index in [4.69, 9.17) is 10.1 Å². The van der Waals surface area contributed by atoms with Crippen LogP contribution in [0.15, 0.2) is 42.7 Å². The normalized spacial score (nSPS) is 27.5. The molecule has 3 aliphatic rings. The Balaban J connectivity index is 1.34. The van der Waals surface area contributed by atoms with E-state index in [0.29, 0.717) is 17.7 Å². The van der Waals surface area contributed by atoms with Gasteiger partial charge in [-0.1, -0.05) is 6.07 Å². The molecule has 3 N–H and O–H groups in total. The summed E-state index contributed by atoms with van der Waals surface area (Å²) >= 11 is 0. The first-order chi connectivity index (χ1) is 15.8. The summed E-state index contributed by atoms with van der Waals surface area (Å²) in [5.41, 5.74) is 4.38. The summed E-state index contributed by atoms with van der Waals surface area (Å²) < 4.78 is 30.9. The fourth-order valence-corrected chi connectivity index (χ4v) is 7.69. The summed E-state index contributed by atoms with van der Waals surface area (Å²) in [5, 5.41) is 15.4. The van der Waals surface area contributed by atoms with Gasteiger partial charge in [0.25, 0.3) is 0 Å². The summed E-state index contributed by atoms with van der Waals surface area (Å²) in [6.07, 6.45) is 5.71. The summed E-state index contributed by atoms with van der Waals surface area (Å²) in [5.74, 6) is 0.850. The predicted molar refractivity (Wildman–Crippen MR) is 127 cm³/mol. The Morgan fingerprint density at radius 1 is 1.21 bits per heavy atom. The van der Waals surface area contributed by atoms with Crippen molar-refractivity contribution in [1.29, 1.82) is 5.41 Å². The van der Waals surface area contributed by atoms with Gasteiger partial charge >= 0.3 is 0 Å². The van der Waals surface area contributed by atoms with Crippen LogP contribution in [0.1, 0.15) is 30.9 Å². The van der Waals surface area contributed by atoms with E-state index in [-0.39, 0.29) is 17.5 Å². The highest BCUT2D eigenvalue weighted by molar-refractivity contribution is 7.93. The van der Waals surface area contributed by atoms with E-state index >= 15 is 0 Å². The van der Waals surface area contributed by atoms with Crippen molar-refractivity contribution in [3.63, 3.8) is 0 Å². The Kier molecular flexibility index (Phi) is 4.12. The molecule has 0 amide bonds. The summed E-state index contributed by atoms with van der Waals surface area (Å²) in [4.78, 5) is 8.86. The molecule has 2 aliphatic carbocycles. The Morgan fingerprint density at radius 3 is 2.76 bits per heavy atom. The van der Waals surface area contributed by atoms with E-state index in [9.17, 15) is 8.42 Å². The minimum atomic E-state index is -3.46. The number of ether oxygens (including phenoxy) is 1. The maximum Gasteiger partial charge on any atom is 0.165 e. The van der Waals surface area contributed by atoms with Gasteiger partial charge < -0.3 is 15.4 Å². The van der Waals surface area contributed by atoms with Crippen LogP contribution in [0.2, 0.25) is 0 Å². The average molecular weight is 464 g/mol. The quantitative estimate of drug-likeness (QED) is 0.543. The maximum absolute atomic E-state index is 13.4. The van der Waals surface area contributed by atoms with Crippen molar-refractivity contribution in [2.75, 3.05) is 18.2 Å². The van der Waals surface area contributed by atoms with Gasteiger partial charge in [0.1, 0.15) is 21.8 Å². The Morgan fingerprint density at radius 2 is 2.03 bits per heavy atom. The number of nitrogens with zero attached hydrogens (tertiary/aromatic N) is 2. The lowest BCUT2D eigenvalue weighted by Gasteiger charge is -2.52. The Bertz CT molecular complexity index is 1440. The molecule has 3 heterocycles. The van der Waals surface area contributed by atoms with E-state index in [1.807, 2.05) is 30.3 Å². The zero-order valence-corrected chi connectivity index (χ0v) is 19.3. The second-order valence-corrected chi connectivity index (χ2v) is 11.9. The maximum atomic E-state index is 13.4. The van der Waals surface area contributed by atoms with E-state index < -0.39 is 20.1 Å². The highest BCUT2D eigenvalue weighted by Gasteiger charge is 2.62. The second kappa shape index (κ2) is 6.66. The third kappa shape index (κ3) is 2.88. The molecule has 1 saturated heterocycles. The first-order valence-corrected chi connectivity index (χ1v) is 12.7. The molecule has 1 aromatic carbocycles. The van der Waals surface area contributed by atoms with Gasteiger partial charge in [0.05, 0.1) is 35.8 Å². The lowest BCUT2D eigenvalue weighted by molar-refractivity contribution is 0.350. The van der Waals surface area contributed by atoms with Crippen LogP contribution in [0, 0.1) is 11.3 Å². The number of hydrogen-bond donors (Lipinski definition) is 3. The summed E-state index contributed by atoms with van der Waals surface area (Å²) in [6, 6.07) is 9.69. The van der Waals surface area contributed by atoms with Crippen molar-refractivity contribution in [1.82, 2.24) is 15.3 Å². The van der Waals surface area contributed by atoms with Crippen molar-refractivity contribution in [2.24, 2.45) is 5.92 Å². The van der Waals surface area contributed by atoms with Crippen LogP contribution < -0.4 is 15.4 Å². The van der Waals surface area contributed by atoms with Crippen LogP contribution in [0.4, 0.5) is 11.4 Å². The molecule has 33 heavy (non-hydrogen) atoms. The molecule has 2 aromatic heterocycles. The average Bonchev–Trinajstić information content (AvgIpc) is 3.63. The zero-order valence-electron chi connectivity index (χ0n) is 18.5. The first-order valence-electron chi connectivity index (χ1n) is 11.0. The number of pyridine rings is 2. The lowest BCUT2D eigenvalue weighted by Crippen LogP contribution is -2.70. The number of hydrogen-bond acceptors (Lipinski definition) is 7. The molecule has 0 unspecified atom stereocenters. The van der Waals surface area contributed by atoms with E-state index in [1.165, 1.54) is 0 Å². The molecule has 3 aromatic rings. The largest absolute Gasteiger partial charge is 0.495 e. The fraction of sp³-hybridized carbons (Fsp3) is 0.375. The number of amidine groups is 1. The van der Waals surface area contributed by atoms with Crippen molar-refractivity contribution >= 4 is 38.1 Å². The first kappa shape index (κ1) is 20.4. The van der Waals surface area contributed by atoms with Gasteiger partial charge in [-0.25, -0.2) is 13.4 Å². The standard InChI is InChI=1S/C24H25N5O3S/c1-23(15-4-5-15)22(25)29-24(13-33(23,30)31)11-14-3-6-16(9-18(14)24)28-19-7-8-26-20-10-17(32-2)12-27-21(19)20/h3,6-10,12,15H,4-5,11,13H2,1-2H3,(H2,25,29)(H,26,28)/t23-,24-/m0/s1. The smallest absolute Gasteiger partial charge is 0.165 e. The number of benzene rings is 1. The van der Waals surface area contributed by atoms with Crippen molar-refractivity contribution in [2.45, 2.75) is 36.5 Å². The summed E-state index contributed by atoms with van der Waals surface area (Å²) in [7, 11) is -1.87. The minimum Gasteiger partial charge on any atom is -0.495 e. The molecule has 170 valence electrons. The number of fused-ring (bicyclic) bond motifs is 3. The molecule has 1 aliphatic heterocycles. The Labute approximate surface area is 192 Å². The van der Waals surface area contributed by atoms with E-state index in [1.54, 1.807) is 26.4 Å². The molecule has 2 atom stereocenters. The second-order valence-electron chi connectivity index (χ2n) is 9.50. The van der Waals surface area contributed by atoms with Crippen LogP contribution in [0.25, 0.3) is 11.0 Å². The molecular formula is C24H25N5O3S. The van der Waals surface area contributed by atoms with Gasteiger partial charge in [0.15, 0.2) is 9.84 Å². The number of anilines is 2. The van der Waals surface area contributed by atoms with Gasteiger partial charge in [-0.3, -0.25) is 10.4 Å². The Hall–Kier alpha value is -3.20. The third-order valence-electron chi connectivity index (χ3n) is 7.48. The lowest BCUT2D eigenvalue weighted by atomic mass is 9.71. The molecule has 2 fully saturated rings. The third-order valence-corrected chi connectivity index (χ3v) is 10.2. The highest BCUT2D eigenvalue weighted by atomic mass is 32.2. The molecule has 6 rings (SSSR count). The molecule has 9 heteroatoms. The molecule has 0 radical (unpaired) electrons. The number of methoxy groups -OCH3 is 1. The zero-order chi connectivity index (χ0) is 23.0. The van der Waals surface area contributed by atoms with E-state index in [0.717, 1.165) is 40.9 Å². The van der Waals surface area contributed by atoms with E-state index in [2.05, 4.69) is 20.6 Å². The van der Waals surface area contributed by atoms with Crippen molar-refractivity contribution < 1.29 is 13.2 Å².